The van der Waals surface area contributed by atoms with Gasteiger partial charge in [-0.2, -0.15) is 0 Å². The molecule has 1 saturated heterocycles. The number of aryl methyl sites for hydroxylation is 1. The quantitative estimate of drug-likeness (QED) is 0.909. The second kappa shape index (κ2) is 6.35. The summed E-state index contributed by atoms with van der Waals surface area (Å²) in [5.74, 6) is -0.892. The lowest BCUT2D eigenvalue weighted by Gasteiger charge is -2.22. The van der Waals surface area contributed by atoms with Crippen LogP contribution in [0.5, 0.6) is 0 Å². The molecule has 2 rings (SSSR count). The van der Waals surface area contributed by atoms with E-state index in [0.29, 0.717) is 19.4 Å². The molecule has 1 fully saturated rings. The standard InChI is InChI=1S/C14H16BrFN2O2/c15-11-5-4-10(16)8-9(11)3-6-13(19)18-7-1-2-12(18)14(17)20/h4-5,8,12H,1-3,6-7H2,(H2,17,20). The number of carbonyl (C=O) groups excluding carboxylic acids is 2. The molecule has 0 bridgehead atoms. The fourth-order valence-electron chi connectivity index (χ4n) is 2.48. The lowest BCUT2D eigenvalue weighted by molar-refractivity contribution is -0.137. The Bertz CT molecular complexity index is 536. The molecule has 1 aromatic carbocycles. The van der Waals surface area contributed by atoms with Gasteiger partial charge in [-0.25, -0.2) is 4.39 Å². The van der Waals surface area contributed by atoms with Crippen LogP contribution in [0.25, 0.3) is 0 Å². The number of nitrogens with zero attached hydrogens (tertiary/aromatic N) is 1. The van der Waals surface area contributed by atoms with Crippen LogP contribution in [0.4, 0.5) is 4.39 Å². The van der Waals surface area contributed by atoms with Crippen molar-refractivity contribution in [3.8, 4) is 0 Å². The largest absolute Gasteiger partial charge is 0.368 e. The molecule has 2 N–H and O–H groups in total. The minimum atomic E-state index is -0.488. The number of primary amides is 1. The normalized spacial score (nSPS) is 18.3. The topological polar surface area (TPSA) is 63.4 Å². The maximum atomic E-state index is 13.2. The fraction of sp³-hybridized carbons (Fsp3) is 0.429. The third-order valence-corrected chi connectivity index (χ3v) is 4.29. The Balaban J connectivity index is 1.98. The molecule has 0 aliphatic carbocycles. The van der Waals surface area contributed by atoms with Crippen molar-refractivity contribution in [2.45, 2.75) is 31.7 Å². The third kappa shape index (κ3) is 3.36. The van der Waals surface area contributed by atoms with E-state index in [0.717, 1.165) is 16.5 Å². The van der Waals surface area contributed by atoms with E-state index in [1.165, 1.54) is 17.0 Å². The van der Waals surface area contributed by atoms with Crippen LogP contribution < -0.4 is 5.73 Å². The maximum absolute atomic E-state index is 13.2. The number of amides is 2. The molecule has 1 heterocycles. The van der Waals surface area contributed by atoms with E-state index in [1.54, 1.807) is 6.07 Å². The molecule has 6 heteroatoms. The maximum Gasteiger partial charge on any atom is 0.240 e. The second-order valence-corrected chi connectivity index (χ2v) is 5.74. The average Bonchev–Trinajstić information content (AvgIpc) is 2.89. The minimum absolute atomic E-state index is 0.109. The molecule has 0 radical (unpaired) electrons. The van der Waals surface area contributed by atoms with Crippen LogP contribution in [0.3, 0.4) is 0 Å². The highest BCUT2D eigenvalue weighted by molar-refractivity contribution is 9.10. The van der Waals surface area contributed by atoms with Crippen molar-refractivity contribution in [3.05, 3.63) is 34.1 Å². The lowest BCUT2D eigenvalue weighted by atomic mass is 10.1. The highest BCUT2D eigenvalue weighted by atomic mass is 79.9. The first-order chi connectivity index (χ1) is 9.49. The number of benzene rings is 1. The summed E-state index contributed by atoms with van der Waals surface area (Å²) in [6.45, 7) is 0.566. The predicted octanol–water partition coefficient (Wildman–Crippen LogP) is 2.00. The van der Waals surface area contributed by atoms with Gasteiger partial charge < -0.3 is 10.6 Å². The van der Waals surface area contributed by atoms with Crippen LogP contribution >= 0.6 is 15.9 Å². The zero-order valence-electron chi connectivity index (χ0n) is 10.9. The summed E-state index contributed by atoms with van der Waals surface area (Å²) < 4.78 is 13.9. The van der Waals surface area contributed by atoms with Gasteiger partial charge >= 0.3 is 0 Å². The van der Waals surface area contributed by atoms with Crippen molar-refractivity contribution >= 4 is 27.7 Å². The highest BCUT2D eigenvalue weighted by Gasteiger charge is 2.32. The van der Waals surface area contributed by atoms with Gasteiger partial charge in [0.2, 0.25) is 11.8 Å². The molecule has 1 aliphatic heterocycles. The fourth-order valence-corrected chi connectivity index (χ4v) is 2.93. The molecule has 2 amide bonds. The Hall–Kier alpha value is -1.43. The Morgan fingerprint density at radius 3 is 2.90 bits per heavy atom. The summed E-state index contributed by atoms with van der Waals surface area (Å²) in [7, 11) is 0. The molecule has 0 spiro atoms. The molecule has 1 unspecified atom stereocenters. The third-order valence-electron chi connectivity index (χ3n) is 3.52. The predicted molar refractivity (Wildman–Crippen MR) is 76.4 cm³/mol. The van der Waals surface area contributed by atoms with E-state index >= 15 is 0 Å². The summed E-state index contributed by atoms with van der Waals surface area (Å²) in [5, 5.41) is 0. The van der Waals surface area contributed by atoms with Crippen molar-refractivity contribution in [1.82, 2.24) is 4.90 Å². The summed E-state index contributed by atoms with van der Waals surface area (Å²) in [4.78, 5) is 24.9. The van der Waals surface area contributed by atoms with Gasteiger partial charge in [0.15, 0.2) is 0 Å². The number of rotatable bonds is 4. The Labute approximate surface area is 125 Å². The molecule has 1 aliphatic rings. The number of likely N-dealkylation sites (tertiary alicyclic amines) is 1. The monoisotopic (exact) mass is 342 g/mol. The van der Waals surface area contributed by atoms with Crippen LogP contribution in [-0.2, 0) is 16.0 Å². The van der Waals surface area contributed by atoms with Gasteiger partial charge in [-0.3, -0.25) is 9.59 Å². The summed E-state index contributed by atoms with van der Waals surface area (Å²) in [6.07, 6.45) is 2.10. The number of carbonyl (C=O) groups is 2. The van der Waals surface area contributed by atoms with Crippen molar-refractivity contribution in [3.63, 3.8) is 0 Å². The molecule has 108 valence electrons. The molecule has 1 aromatic rings. The first-order valence-electron chi connectivity index (χ1n) is 6.51. The minimum Gasteiger partial charge on any atom is -0.368 e. The zero-order chi connectivity index (χ0) is 14.7. The van der Waals surface area contributed by atoms with Crippen LogP contribution in [0.15, 0.2) is 22.7 Å². The average molecular weight is 343 g/mol. The highest BCUT2D eigenvalue weighted by Crippen LogP contribution is 2.22. The number of nitrogens with two attached hydrogens (primary N) is 1. The van der Waals surface area contributed by atoms with Crippen LogP contribution in [0, 0.1) is 5.82 Å². The molecule has 4 nitrogen and oxygen atoms in total. The van der Waals surface area contributed by atoms with Gasteiger partial charge in [0.25, 0.3) is 0 Å². The van der Waals surface area contributed by atoms with Gasteiger partial charge in [-0.15, -0.1) is 0 Å². The number of hydrogen-bond acceptors (Lipinski definition) is 2. The van der Waals surface area contributed by atoms with E-state index < -0.39 is 11.9 Å². The summed E-state index contributed by atoms with van der Waals surface area (Å²) >= 11 is 3.33. The van der Waals surface area contributed by atoms with Gasteiger partial charge in [-0.05, 0) is 43.0 Å². The van der Waals surface area contributed by atoms with E-state index in [-0.39, 0.29) is 18.1 Å². The lowest BCUT2D eigenvalue weighted by Crippen LogP contribution is -2.43. The first-order valence-corrected chi connectivity index (χ1v) is 7.31. The van der Waals surface area contributed by atoms with E-state index in [1.807, 2.05) is 0 Å². The van der Waals surface area contributed by atoms with Crippen LogP contribution in [0.1, 0.15) is 24.8 Å². The Kier molecular flexibility index (Phi) is 4.75. The smallest absolute Gasteiger partial charge is 0.240 e. The van der Waals surface area contributed by atoms with Gasteiger partial charge in [-0.1, -0.05) is 15.9 Å². The van der Waals surface area contributed by atoms with E-state index in [2.05, 4.69) is 15.9 Å². The van der Waals surface area contributed by atoms with Gasteiger partial charge in [0.05, 0.1) is 0 Å². The molecular weight excluding hydrogens is 327 g/mol. The Morgan fingerprint density at radius 2 is 2.20 bits per heavy atom. The molecule has 0 aromatic heterocycles. The second-order valence-electron chi connectivity index (χ2n) is 4.88. The van der Waals surface area contributed by atoms with Crippen LogP contribution in [0.2, 0.25) is 0 Å². The number of hydrogen-bond donors (Lipinski definition) is 1. The molecule has 20 heavy (non-hydrogen) atoms. The zero-order valence-corrected chi connectivity index (χ0v) is 12.5. The SMILES string of the molecule is NC(=O)C1CCCN1C(=O)CCc1cc(F)ccc1Br. The van der Waals surface area contributed by atoms with Crippen molar-refractivity contribution < 1.29 is 14.0 Å². The van der Waals surface area contributed by atoms with Crippen molar-refractivity contribution in [2.24, 2.45) is 5.73 Å². The van der Waals surface area contributed by atoms with E-state index in [9.17, 15) is 14.0 Å². The summed E-state index contributed by atoms with van der Waals surface area (Å²) in [5.41, 5.74) is 6.03. The van der Waals surface area contributed by atoms with E-state index in [4.69, 9.17) is 5.73 Å². The Morgan fingerprint density at radius 1 is 1.45 bits per heavy atom. The molecular formula is C14H16BrFN2O2. The molecule has 0 saturated carbocycles. The van der Waals surface area contributed by atoms with Crippen molar-refractivity contribution in [1.29, 1.82) is 0 Å². The van der Waals surface area contributed by atoms with Gasteiger partial charge in [0, 0.05) is 17.4 Å². The molecule has 1 atom stereocenters. The first kappa shape index (κ1) is 15.0. The van der Waals surface area contributed by atoms with Crippen LogP contribution in [-0.4, -0.2) is 29.3 Å². The van der Waals surface area contributed by atoms with Gasteiger partial charge in [0.1, 0.15) is 11.9 Å². The van der Waals surface area contributed by atoms with Crippen molar-refractivity contribution in [2.75, 3.05) is 6.54 Å². The summed E-state index contributed by atoms with van der Waals surface area (Å²) in [6, 6.07) is 3.90. The number of halogens is 2.